The standard InChI is InChI=1S/C24H27F3N2O4S/c1-4-14-28-22(18-8-10-19(11-9-18)24(25,26)27)21(23(30)31)16-29(15-5-2)34(32,33)20-12-6-17(3)7-13-20/h4-13,21-22,28H,1-2,14-16H2,3H3,(H,30,31). The minimum Gasteiger partial charge on any atom is -0.481 e. The summed E-state index contributed by atoms with van der Waals surface area (Å²) in [6.45, 7) is 8.51. The molecule has 0 aliphatic carbocycles. The topological polar surface area (TPSA) is 86.7 Å². The van der Waals surface area contributed by atoms with Gasteiger partial charge in [-0.15, -0.1) is 13.2 Å². The third kappa shape index (κ3) is 6.78. The van der Waals surface area contributed by atoms with E-state index in [2.05, 4.69) is 18.5 Å². The average Bonchev–Trinajstić information content (AvgIpc) is 2.77. The maximum atomic E-state index is 13.2. The van der Waals surface area contributed by atoms with Crippen molar-refractivity contribution in [3.63, 3.8) is 0 Å². The first-order chi connectivity index (χ1) is 15.9. The van der Waals surface area contributed by atoms with Crippen molar-refractivity contribution in [3.05, 3.63) is 90.5 Å². The van der Waals surface area contributed by atoms with Crippen LogP contribution in [0.4, 0.5) is 13.2 Å². The molecule has 0 aromatic heterocycles. The van der Waals surface area contributed by atoms with Crippen LogP contribution in [0.3, 0.4) is 0 Å². The van der Waals surface area contributed by atoms with Crippen molar-refractivity contribution in [2.75, 3.05) is 19.6 Å². The SMILES string of the molecule is C=CCNC(c1ccc(C(F)(F)F)cc1)C(CN(CC=C)S(=O)(=O)c1ccc(C)cc1)C(=O)O. The van der Waals surface area contributed by atoms with Crippen LogP contribution in [0.2, 0.25) is 0 Å². The third-order valence-electron chi connectivity index (χ3n) is 5.19. The Morgan fingerprint density at radius 3 is 2.15 bits per heavy atom. The fourth-order valence-corrected chi connectivity index (χ4v) is 4.84. The number of aliphatic carboxylic acids is 1. The zero-order valence-corrected chi connectivity index (χ0v) is 19.4. The maximum absolute atomic E-state index is 13.2. The molecule has 0 spiro atoms. The lowest BCUT2D eigenvalue weighted by molar-refractivity contribution is -0.143. The number of hydrogen-bond acceptors (Lipinski definition) is 4. The molecule has 2 N–H and O–H groups in total. The summed E-state index contributed by atoms with van der Waals surface area (Å²) in [5.41, 5.74) is 0.253. The third-order valence-corrected chi connectivity index (χ3v) is 7.04. The smallest absolute Gasteiger partial charge is 0.416 e. The summed E-state index contributed by atoms with van der Waals surface area (Å²) in [5.74, 6) is -2.63. The number of alkyl halides is 3. The molecule has 10 heteroatoms. The number of carboxylic acid groups (broad SMARTS) is 1. The molecule has 0 aliphatic heterocycles. The van der Waals surface area contributed by atoms with Crippen LogP contribution in [0.25, 0.3) is 0 Å². The van der Waals surface area contributed by atoms with Crippen molar-refractivity contribution < 1.29 is 31.5 Å². The summed E-state index contributed by atoms with van der Waals surface area (Å²) in [4.78, 5) is 12.3. The predicted molar refractivity (Wildman–Crippen MR) is 124 cm³/mol. The molecule has 2 aromatic rings. The van der Waals surface area contributed by atoms with E-state index in [1.54, 1.807) is 19.1 Å². The first-order valence-electron chi connectivity index (χ1n) is 10.3. The number of sulfonamides is 1. The highest BCUT2D eigenvalue weighted by molar-refractivity contribution is 7.89. The number of carboxylic acids is 1. The van der Waals surface area contributed by atoms with Gasteiger partial charge in [-0.3, -0.25) is 4.79 Å². The van der Waals surface area contributed by atoms with Gasteiger partial charge in [-0.1, -0.05) is 42.0 Å². The van der Waals surface area contributed by atoms with Crippen LogP contribution >= 0.6 is 0 Å². The zero-order valence-electron chi connectivity index (χ0n) is 18.6. The first-order valence-corrected chi connectivity index (χ1v) is 11.8. The van der Waals surface area contributed by atoms with E-state index in [1.807, 2.05) is 0 Å². The summed E-state index contributed by atoms with van der Waals surface area (Å²) in [7, 11) is -4.07. The van der Waals surface area contributed by atoms with Crippen LogP contribution < -0.4 is 5.32 Å². The Morgan fingerprint density at radius 1 is 1.09 bits per heavy atom. The second-order valence-corrected chi connectivity index (χ2v) is 9.60. The molecule has 0 saturated heterocycles. The maximum Gasteiger partial charge on any atom is 0.416 e. The van der Waals surface area contributed by atoms with E-state index in [-0.39, 0.29) is 23.5 Å². The summed E-state index contributed by atoms with van der Waals surface area (Å²) >= 11 is 0. The van der Waals surface area contributed by atoms with E-state index in [4.69, 9.17) is 0 Å². The minimum absolute atomic E-state index is 0.00535. The van der Waals surface area contributed by atoms with E-state index in [0.717, 1.165) is 22.0 Å². The number of nitrogens with one attached hydrogen (secondary N) is 1. The van der Waals surface area contributed by atoms with Gasteiger partial charge in [0.05, 0.1) is 16.4 Å². The van der Waals surface area contributed by atoms with Gasteiger partial charge in [-0.25, -0.2) is 8.42 Å². The molecule has 0 heterocycles. The molecule has 34 heavy (non-hydrogen) atoms. The van der Waals surface area contributed by atoms with E-state index in [0.29, 0.717) is 0 Å². The van der Waals surface area contributed by atoms with E-state index < -0.39 is 46.2 Å². The van der Waals surface area contributed by atoms with Gasteiger partial charge in [-0.05, 0) is 36.8 Å². The van der Waals surface area contributed by atoms with Crippen LogP contribution in [-0.4, -0.2) is 43.4 Å². The Hall–Kier alpha value is -2.95. The Labute approximate surface area is 197 Å². The Bertz CT molecular complexity index is 1100. The highest BCUT2D eigenvalue weighted by Gasteiger charge is 2.36. The molecular formula is C24H27F3N2O4S. The first kappa shape index (κ1) is 27.3. The molecule has 0 amide bonds. The lowest BCUT2D eigenvalue weighted by Gasteiger charge is -2.30. The van der Waals surface area contributed by atoms with Gasteiger partial charge in [0.15, 0.2) is 0 Å². The van der Waals surface area contributed by atoms with Crippen molar-refractivity contribution in [2.24, 2.45) is 5.92 Å². The fourth-order valence-electron chi connectivity index (χ4n) is 3.40. The lowest BCUT2D eigenvalue weighted by Crippen LogP contribution is -2.43. The Kier molecular flexibility index (Phi) is 9.20. The zero-order chi connectivity index (χ0) is 25.5. The molecule has 0 fully saturated rings. The van der Waals surface area contributed by atoms with E-state index in [1.165, 1.54) is 36.4 Å². The molecule has 0 radical (unpaired) electrons. The van der Waals surface area contributed by atoms with Crippen LogP contribution in [-0.2, 0) is 21.0 Å². The molecule has 184 valence electrons. The molecular weight excluding hydrogens is 469 g/mol. The highest BCUT2D eigenvalue weighted by Crippen LogP contribution is 2.32. The normalized spacial score (nSPS) is 13.9. The molecule has 2 atom stereocenters. The minimum atomic E-state index is -4.54. The van der Waals surface area contributed by atoms with E-state index in [9.17, 15) is 31.5 Å². The van der Waals surface area contributed by atoms with Crippen LogP contribution in [0, 0.1) is 12.8 Å². The monoisotopic (exact) mass is 496 g/mol. The predicted octanol–water partition coefficient (Wildman–Crippen LogP) is 4.41. The molecule has 2 unspecified atom stereocenters. The van der Waals surface area contributed by atoms with Crippen molar-refractivity contribution in [3.8, 4) is 0 Å². The van der Waals surface area contributed by atoms with Gasteiger partial charge < -0.3 is 10.4 Å². The van der Waals surface area contributed by atoms with Crippen molar-refractivity contribution in [1.82, 2.24) is 9.62 Å². The van der Waals surface area contributed by atoms with Crippen LogP contribution in [0.1, 0.15) is 22.7 Å². The fraction of sp³-hybridized carbons (Fsp3) is 0.292. The van der Waals surface area contributed by atoms with Crippen molar-refractivity contribution in [1.29, 1.82) is 0 Å². The molecule has 0 aliphatic rings. The second kappa shape index (κ2) is 11.5. The Morgan fingerprint density at radius 2 is 1.68 bits per heavy atom. The summed E-state index contributed by atoms with van der Waals surface area (Å²) in [5, 5.41) is 12.9. The quantitative estimate of drug-likeness (QED) is 0.425. The number of halogens is 3. The number of benzene rings is 2. The number of carbonyl (C=O) groups is 1. The Balaban J connectivity index is 2.47. The summed E-state index contributed by atoms with van der Waals surface area (Å²) in [6.07, 6.45) is -1.73. The van der Waals surface area contributed by atoms with Gasteiger partial charge >= 0.3 is 12.1 Å². The highest BCUT2D eigenvalue weighted by atomic mass is 32.2. The summed E-state index contributed by atoms with van der Waals surface area (Å²) < 4.78 is 66.4. The largest absolute Gasteiger partial charge is 0.481 e. The molecule has 0 saturated carbocycles. The molecule has 0 bridgehead atoms. The van der Waals surface area contributed by atoms with Gasteiger partial charge in [0, 0.05) is 25.7 Å². The number of hydrogen-bond donors (Lipinski definition) is 2. The van der Waals surface area contributed by atoms with E-state index >= 15 is 0 Å². The van der Waals surface area contributed by atoms with Crippen LogP contribution in [0.5, 0.6) is 0 Å². The molecule has 2 aromatic carbocycles. The molecule has 2 rings (SSSR count). The summed E-state index contributed by atoms with van der Waals surface area (Å²) in [6, 6.07) is 9.23. The van der Waals surface area contributed by atoms with Crippen LogP contribution in [0.15, 0.2) is 78.7 Å². The van der Waals surface area contributed by atoms with Gasteiger partial charge in [0.1, 0.15) is 0 Å². The van der Waals surface area contributed by atoms with Gasteiger partial charge in [-0.2, -0.15) is 17.5 Å². The van der Waals surface area contributed by atoms with Crippen molar-refractivity contribution >= 4 is 16.0 Å². The van der Waals surface area contributed by atoms with Gasteiger partial charge in [0.25, 0.3) is 0 Å². The number of nitrogens with zero attached hydrogens (tertiary/aromatic N) is 1. The number of aryl methyl sites for hydroxylation is 1. The number of rotatable bonds is 12. The van der Waals surface area contributed by atoms with Crippen molar-refractivity contribution in [2.45, 2.75) is 24.0 Å². The lowest BCUT2D eigenvalue weighted by atomic mass is 9.92. The molecule has 6 nitrogen and oxygen atoms in total. The second-order valence-electron chi connectivity index (χ2n) is 7.66. The average molecular weight is 497 g/mol. The van der Waals surface area contributed by atoms with Gasteiger partial charge in [0.2, 0.25) is 10.0 Å².